The van der Waals surface area contributed by atoms with Crippen molar-refractivity contribution < 1.29 is 54.2 Å². The molecule has 0 aliphatic carbocycles. The number of amides is 1. The third-order valence-corrected chi connectivity index (χ3v) is 5.58. The highest BCUT2D eigenvalue weighted by Crippen LogP contribution is 2.44. The summed E-state index contributed by atoms with van der Waals surface area (Å²) in [6.45, 7) is -0.582. The maximum atomic E-state index is 14.7. The molecule has 0 atom stereocenters. The van der Waals surface area contributed by atoms with Gasteiger partial charge in [-0.05, 0) is 24.1 Å². The lowest BCUT2D eigenvalue weighted by Gasteiger charge is -2.34. The number of fused-ring (bicyclic) bond motifs is 1. The molecule has 0 N–H and O–H groups in total. The smallest absolute Gasteiger partial charge is 0.465 e. The van der Waals surface area contributed by atoms with Crippen molar-refractivity contribution in [3.8, 4) is 16.9 Å². The summed E-state index contributed by atoms with van der Waals surface area (Å²) < 4.78 is 122. The van der Waals surface area contributed by atoms with Gasteiger partial charge in [-0.1, -0.05) is 18.2 Å². The fourth-order valence-electron chi connectivity index (χ4n) is 3.82. The highest BCUT2D eigenvalue weighted by Gasteiger charge is 2.51. The van der Waals surface area contributed by atoms with Crippen molar-refractivity contribution in [3.63, 3.8) is 0 Å². The Hall–Kier alpha value is -4.16. The molecule has 0 saturated heterocycles. The second-order valence-electron chi connectivity index (χ2n) is 7.72. The molecule has 0 unspecified atom stereocenters. The van der Waals surface area contributed by atoms with Gasteiger partial charge in [0.2, 0.25) is 5.82 Å². The lowest BCUT2D eigenvalue weighted by Crippen LogP contribution is -2.51. The van der Waals surface area contributed by atoms with E-state index < -0.39 is 82.0 Å². The normalized spacial score (nSPS) is 14.3. The van der Waals surface area contributed by atoms with Gasteiger partial charge in [0, 0.05) is 18.2 Å². The number of rotatable bonds is 5. The van der Waals surface area contributed by atoms with Crippen LogP contribution in [-0.4, -0.2) is 31.6 Å². The number of esters is 1. The Morgan fingerprint density at radius 1 is 0.946 bits per heavy atom. The molecule has 0 spiro atoms. The summed E-state index contributed by atoms with van der Waals surface area (Å²) in [4.78, 5) is 24.9. The van der Waals surface area contributed by atoms with Gasteiger partial charge >= 0.3 is 18.0 Å². The first-order chi connectivity index (χ1) is 17.4. The van der Waals surface area contributed by atoms with Gasteiger partial charge < -0.3 is 9.47 Å². The third kappa shape index (κ3) is 4.34. The molecular weight excluding hydrogens is 518 g/mol. The zero-order valence-corrected chi connectivity index (χ0v) is 18.5. The Morgan fingerprint density at radius 3 is 2.16 bits per heavy atom. The molecule has 4 rings (SSSR count). The molecular formula is C24H13F8NO4. The zero-order valence-electron chi connectivity index (χ0n) is 18.5. The summed E-state index contributed by atoms with van der Waals surface area (Å²) >= 11 is 0. The minimum atomic E-state index is -4.48. The SMILES string of the molecule is COC(=O)c1ccccc1CCN1C(=O)C(F)(F)Oc2cc(F)c(-c3c(F)c(F)c(F)c(F)c3F)cc21. The summed E-state index contributed by atoms with van der Waals surface area (Å²) in [5, 5.41) is 0. The van der Waals surface area contributed by atoms with Crippen LogP contribution in [0.5, 0.6) is 5.75 Å². The summed E-state index contributed by atoms with van der Waals surface area (Å²) in [5.74, 6) is -17.3. The van der Waals surface area contributed by atoms with E-state index in [0.717, 1.165) is 7.11 Å². The van der Waals surface area contributed by atoms with Crippen LogP contribution in [0.15, 0.2) is 36.4 Å². The van der Waals surface area contributed by atoms with E-state index in [2.05, 4.69) is 9.47 Å². The number of carbonyl (C=O) groups excluding carboxylic acids is 2. The molecule has 1 aliphatic heterocycles. The summed E-state index contributed by atoms with van der Waals surface area (Å²) in [5.41, 5.74) is -3.18. The van der Waals surface area contributed by atoms with Crippen LogP contribution in [0.25, 0.3) is 11.1 Å². The predicted octanol–water partition coefficient (Wildman–Crippen LogP) is 5.54. The Kier molecular flexibility index (Phi) is 6.57. The van der Waals surface area contributed by atoms with Crippen LogP contribution in [0.1, 0.15) is 15.9 Å². The molecule has 0 bridgehead atoms. The maximum absolute atomic E-state index is 14.7. The van der Waals surface area contributed by atoms with Crippen LogP contribution >= 0.6 is 0 Å². The lowest BCUT2D eigenvalue weighted by molar-refractivity contribution is -0.192. The van der Waals surface area contributed by atoms with Crippen molar-refractivity contribution in [2.24, 2.45) is 0 Å². The number of anilines is 1. The first-order valence-electron chi connectivity index (χ1n) is 10.3. The van der Waals surface area contributed by atoms with Gasteiger partial charge in [0.15, 0.2) is 29.0 Å². The average molecular weight is 531 g/mol. The number of benzene rings is 3. The summed E-state index contributed by atoms with van der Waals surface area (Å²) in [6, 6.07) is 6.53. The topological polar surface area (TPSA) is 55.8 Å². The largest absolute Gasteiger partial charge is 0.482 e. The van der Waals surface area contributed by atoms with E-state index in [4.69, 9.17) is 0 Å². The van der Waals surface area contributed by atoms with E-state index in [9.17, 15) is 44.7 Å². The van der Waals surface area contributed by atoms with Gasteiger partial charge in [0.1, 0.15) is 5.82 Å². The second kappa shape index (κ2) is 9.37. The Balaban J connectivity index is 1.83. The first-order valence-corrected chi connectivity index (χ1v) is 10.3. The first kappa shape index (κ1) is 25.9. The van der Waals surface area contributed by atoms with Crippen LogP contribution in [0.2, 0.25) is 0 Å². The number of hydrogen-bond donors (Lipinski definition) is 0. The van der Waals surface area contributed by atoms with Crippen LogP contribution in [0.4, 0.5) is 40.8 Å². The highest BCUT2D eigenvalue weighted by atomic mass is 19.3. The number of methoxy groups -OCH3 is 1. The van der Waals surface area contributed by atoms with Crippen LogP contribution in [0.3, 0.4) is 0 Å². The molecule has 1 heterocycles. The molecule has 0 radical (unpaired) electrons. The van der Waals surface area contributed by atoms with Gasteiger partial charge in [-0.2, -0.15) is 8.78 Å². The number of nitrogens with zero attached hydrogens (tertiary/aromatic N) is 1. The number of hydrogen-bond acceptors (Lipinski definition) is 4. The molecule has 0 fully saturated rings. The zero-order chi connectivity index (χ0) is 27.2. The van der Waals surface area contributed by atoms with Crippen molar-refractivity contribution in [2.45, 2.75) is 12.5 Å². The van der Waals surface area contributed by atoms with Gasteiger partial charge in [-0.25, -0.2) is 31.1 Å². The van der Waals surface area contributed by atoms with Gasteiger partial charge in [-0.3, -0.25) is 9.69 Å². The standard InChI is InChI=1S/C24H13F8NO4/c1-36-22(34)11-5-3-2-4-10(11)6-7-33-14-8-12(13(25)9-15(14)37-24(31,32)23(33)35)16-17(26)19(28)21(30)20(29)18(16)27/h2-5,8-9H,6-7H2,1H3. The molecule has 0 aromatic heterocycles. The Morgan fingerprint density at radius 2 is 1.54 bits per heavy atom. The predicted molar refractivity (Wildman–Crippen MR) is 111 cm³/mol. The number of halogens is 8. The van der Waals surface area contributed by atoms with Gasteiger partial charge in [0.05, 0.1) is 23.9 Å². The molecule has 3 aromatic rings. The molecule has 37 heavy (non-hydrogen) atoms. The highest BCUT2D eigenvalue weighted by molar-refractivity contribution is 6.01. The van der Waals surface area contributed by atoms with Gasteiger partial charge in [-0.15, -0.1) is 0 Å². The average Bonchev–Trinajstić information content (AvgIpc) is 2.87. The Labute approximate surface area is 202 Å². The van der Waals surface area contributed by atoms with Gasteiger partial charge in [0.25, 0.3) is 0 Å². The maximum Gasteiger partial charge on any atom is 0.482 e. The third-order valence-electron chi connectivity index (χ3n) is 5.58. The minimum absolute atomic E-state index is 0.0545. The van der Waals surface area contributed by atoms with Crippen LogP contribution in [0, 0.1) is 34.9 Å². The quantitative estimate of drug-likeness (QED) is 0.188. The van der Waals surface area contributed by atoms with E-state index in [0.29, 0.717) is 11.0 Å². The molecule has 3 aromatic carbocycles. The number of ether oxygens (including phenoxy) is 2. The fraction of sp³-hybridized carbons (Fsp3) is 0.167. The van der Waals surface area contributed by atoms with Crippen molar-refractivity contribution in [3.05, 3.63) is 82.4 Å². The van der Waals surface area contributed by atoms with E-state index >= 15 is 0 Å². The number of carbonyl (C=O) groups is 2. The van der Waals surface area contributed by atoms with Crippen molar-refractivity contribution >= 4 is 17.6 Å². The second-order valence-corrected chi connectivity index (χ2v) is 7.72. The molecule has 1 amide bonds. The molecule has 0 saturated carbocycles. The summed E-state index contributed by atoms with van der Waals surface area (Å²) in [7, 11) is 1.11. The number of alkyl halides is 2. The Bertz CT molecular complexity index is 1410. The lowest BCUT2D eigenvalue weighted by atomic mass is 10.00. The minimum Gasteiger partial charge on any atom is -0.465 e. The van der Waals surface area contributed by atoms with E-state index in [1.807, 2.05) is 0 Å². The monoisotopic (exact) mass is 531 g/mol. The molecule has 1 aliphatic rings. The molecule has 13 heteroatoms. The fourth-order valence-corrected chi connectivity index (χ4v) is 3.82. The molecule has 194 valence electrons. The van der Waals surface area contributed by atoms with Crippen LogP contribution in [-0.2, 0) is 16.0 Å². The van der Waals surface area contributed by atoms with Crippen LogP contribution < -0.4 is 9.64 Å². The van der Waals surface area contributed by atoms with Crippen molar-refractivity contribution in [1.29, 1.82) is 0 Å². The van der Waals surface area contributed by atoms with E-state index in [1.54, 1.807) is 0 Å². The van der Waals surface area contributed by atoms with E-state index in [-0.39, 0.29) is 23.6 Å². The van der Waals surface area contributed by atoms with Crippen molar-refractivity contribution in [2.75, 3.05) is 18.6 Å². The van der Waals surface area contributed by atoms with Crippen molar-refractivity contribution in [1.82, 2.24) is 0 Å². The molecule has 5 nitrogen and oxygen atoms in total. The summed E-state index contributed by atoms with van der Waals surface area (Å²) in [6.07, 6.45) is -4.71. The van der Waals surface area contributed by atoms with E-state index in [1.165, 1.54) is 24.3 Å².